The van der Waals surface area contributed by atoms with Crippen molar-refractivity contribution in [3.63, 3.8) is 0 Å². The molecule has 1 amide bonds. The number of aromatic amines is 2. The van der Waals surface area contributed by atoms with Gasteiger partial charge in [-0.25, -0.2) is 9.97 Å². The third-order valence-electron chi connectivity index (χ3n) is 6.67. The summed E-state index contributed by atoms with van der Waals surface area (Å²) in [6, 6.07) is 15.5. The zero-order chi connectivity index (χ0) is 23.8. The summed E-state index contributed by atoms with van der Waals surface area (Å²) in [5.74, 6) is 2.37. The second kappa shape index (κ2) is 8.79. The number of hydrogen-bond donors (Lipinski definition) is 3. The van der Waals surface area contributed by atoms with E-state index >= 15 is 0 Å². The molecule has 3 N–H and O–H groups in total. The molecule has 8 nitrogen and oxygen atoms in total. The van der Waals surface area contributed by atoms with Crippen LogP contribution in [0.3, 0.4) is 0 Å². The number of amides is 1. The van der Waals surface area contributed by atoms with Gasteiger partial charge in [-0.1, -0.05) is 6.07 Å². The van der Waals surface area contributed by atoms with E-state index in [0.717, 1.165) is 70.7 Å². The van der Waals surface area contributed by atoms with Crippen molar-refractivity contribution in [2.75, 3.05) is 23.3 Å². The van der Waals surface area contributed by atoms with Crippen LogP contribution >= 0.6 is 0 Å². The number of nitrogens with one attached hydrogen (secondary N) is 3. The number of aromatic nitrogens is 4. The van der Waals surface area contributed by atoms with Gasteiger partial charge >= 0.3 is 0 Å². The van der Waals surface area contributed by atoms with Crippen molar-refractivity contribution in [1.82, 2.24) is 19.9 Å². The Bertz CT molecular complexity index is 1510. The second-order valence-corrected chi connectivity index (χ2v) is 9.00. The lowest BCUT2D eigenvalue weighted by atomic mass is 9.95. The standard InChI is InChI=1S/C27H26N6O2/c1-17-15-29-25-24(17)26(31-16-30-25)33-11-8-18(9-12-33)27(34)32-20-3-2-4-21(14-20)35-22-5-6-23-19(13-22)7-10-28-23/h2-7,10,13-16,18,28H,8-9,11-12H2,1H3,(H,32,34)(H,29,30,31). The van der Waals surface area contributed by atoms with Crippen molar-refractivity contribution in [3.8, 4) is 11.5 Å². The normalized spacial score (nSPS) is 14.5. The monoisotopic (exact) mass is 466 g/mol. The molecule has 1 aliphatic rings. The Morgan fingerprint density at radius 1 is 1.06 bits per heavy atom. The minimum Gasteiger partial charge on any atom is -0.457 e. The van der Waals surface area contributed by atoms with Crippen LogP contribution in [-0.4, -0.2) is 38.9 Å². The Balaban J connectivity index is 1.09. The van der Waals surface area contributed by atoms with Gasteiger partial charge in [0.15, 0.2) is 0 Å². The van der Waals surface area contributed by atoms with Gasteiger partial charge in [0.05, 0.1) is 5.39 Å². The third-order valence-corrected chi connectivity index (χ3v) is 6.67. The molecule has 6 rings (SSSR count). The molecule has 0 aliphatic carbocycles. The summed E-state index contributed by atoms with van der Waals surface area (Å²) in [6.07, 6.45) is 7.00. The SMILES string of the molecule is Cc1c[nH]c2ncnc(N3CCC(C(=O)Nc4cccc(Oc5ccc6[nH]ccc6c5)c4)CC3)c12. The molecule has 0 bridgehead atoms. The van der Waals surface area contributed by atoms with Gasteiger partial charge < -0.3 is 24.9 Å². The summed E-state index contributed by atoms with van der Waals surface area (Å²) < 4.78 is 6.04. The van der Waals surface area contributed by atoms with E-state index in [1.54, 1.807) is 6.33 Å². The fraction of sp³-hybridized carbons (Fsp3) is 0.222. The Labute approximate surface area is 202 Å². The number of ether oxygens (including phenoxy) is 1. The minimum atomic E-state index is -0.0449. The summed E-state index contributed by atoms with van der Waals surface area (Å²) in [5.41, 5.74) is 3.78. The molecule has 176 valence electrons. The van der Waals surface area contributed by atoms with E-state index in [9.17, 15) is 4.79 Å². The summed E-state index contributed by atoms with van der Waals surface area (Å²) in [4.78, 5) is 30.5. The van der Waals surface area contributed by atoms with Crippen molar-refractivity contribution in [2.45, 2.75) is 19.8 Å². The first-order chi connectivity index (χ1) is 17.1. The van der Waals surface area contributed by atoms with Gasteiger partial charge in [-0.15, -0.1) is 0 Å². The van der Waals surface area contributed by atoms with Crippen LogP contribution in [0.2, 0.25) is 0 Å². The molecule has 0 atom stereocenters. The number of nitrogens with zero attached hydrogens (tertiary/aromatic N) is 3. The predicted octanol–water partition coefficient (Wildman–Crippen LogP) is 5.40. The lowest BCUT2D eigenvalue weighted by Crippen LogP contribution is -2.38. The zero-order valence-corrected chi connectivity index (χ0v) is 19.4. The number of aryl methyl sites for hydroxylation is 1. The largest absolute Gasteiger partial charge is 0.457 e. The molecule has 3 aromatic heterocycles. The number of rotatable bonds is 5. The van der Waals surface area contributed by atoms with Crippen LogP contribution in [0.15, 0.2) is 67.3 Å². The quantitative estimate of drug-likeness (QED) is 0.322. The number of piperidine rings is 1. The molecule has 0 saturated carbocycles. The minimum absolute atomic E-state index is 0.0428. The highest BCUT2D eigenvalue weighted by Crippen LogP contribution is 2.31. The lowest BCUT2D eigenvalue weighted by molar-refractivity contribution is -0.120. The molecule has 35 heavy (non-hydrogen) atoms. The molecule has 4 heterocycles. The van der Waals surface area contributed by atoms with E-state index in [-0.39, 0.29) is 11.8 Å². The van der Waals surface area contributed by atoms with Crippen LogP contribution in [0.4, 0.5) is 11.5 Å². The molecule has 5 aromatic rings. The topological polar surface area (TPSA) is 98.9 Å². The van der Waals surface area contributed by atoms with Gasteiger partial charge in [-0.2, -0.15) is 0 Å². The first-order valence-corrected chi connectivity index (χ1v) is 11.8. The average molecular weight is 467 g/mol. The molecule has 2 aromatic carbocycles. The number of carbonyl (C=O) groups is 1. The highest BCUT2D eigenvalue weighted by Gasteiger charge is 2.27. The van der Waals surface area contributed by atoms with Gasteiger partial charge in [0.1, 0.15) is 29.3 Å². The Hall–Kier alpha value is -4.33. The fourth-order valence-electron chi connectivity index (χ4n) is 4.80. The summed E-state index contributed by atoms with van der Waals surface area (Å²) in [7, 11) is 0. The van der Waals surface area contributed by atoms with Gasteiger partial charge in [0, 0.05) is 54.1 Å². The van der Waals surface area contributed by atoms with Crippen LogP contribution in [0.1, 0.15) is 18.4 Å². The van der Waals surface area contributed by atoms with Gasteiger partial charge in [0.25, 0.3) is 0 Å². The maximum Gasteiger partial charge on any atom is 0.227 e. The van der Waals surface area contributed by atoms with Crippen molar-refractivity contribution in [2.24, 2.45) is 5.92 Å². The zero-order valence-electron chi connectivity index (χ0n) is 19.4. The summed E-state index contributed by atoms with van der Waals surface area (Å²) >= 11 is 0. The van der Waals surface area contributed by atoms with Gasteiger partial charge in [0.2, 0.25) is 5.91 Å². The van der Waals surface area contributed by atoms with E-state index in [4.69, 9.17) is 4.74 Å². The number of carbonyl (C=O) groups excluding carboxylic acids is 1. The van der Waals surface area contributed by atoms with Crippen molar-refractivity contribution in [1.29, 1.82) is 0 Å². The maximum absolute atomic E-state index is 13.0. The Morgan fingerprint density at radius 2 is 1.91 bits per heavy atom. The van der Waals surface area contributed by atoms with E-state index in [0.29, 0.717) is 5.75 Å². The van der Waals surface area contributed by atoms with Crippen LogP contribution < -0.4 is 15.0 Å². The molecule has 0 radical (unpaired) electrons. The number of H-pyrrole nitrogens is 2. The van der Waals surface area contributed by atoms with Crippen LogP contribution in [-0.2, 0) is 4.79 Å². The average Bonchev–Trinajstić information content (AvgIpc) is 3.50. The number of fused-ring (bicyclic) bond motifs is 2. The third kappa shape index (κ3) is 4.19. The molecule has 8 heteroatoms. The van der Waals surface area contributed by atoms with Crippen molar-refractivity contribution >= 4 is 39.3 Å². The van der Waals surface area contributed by atoms with Crippen LogP contribution in [0.25, 0.3) is 21.9 Å². The Kier molecular flexibility index (Phi) is 5.33. The van der Waals surface area contributed by atoms with Crippen LogP contribution in [0.5, 0.6) is 11.5 Å². The van der Waals surface area contributed by atoms with Gasteiger partial charge in [-0.05, 0) is 61.7 Å². The van der Waals surface area contributed by atoms with E-state index in [1.807, 2.05) is 60.9 Å². The number of hydrogen-bond acceptors (Lipinski definition) is 5. The Morgan fingerprint density at radius 3 is 2.80 bits per heavy atom. The highest BCUT2D eigenvalue weighted by atomic mass is 16.5. The van der Waals surface area contributed by atoms with E-state index in [2.05, 4.69) is 37.1 Å². The molecular formula is C27H26N6O2. The molecule has 1 saturated heterocycles. The van der Waals surface area contributed by atoms with Crippen molar-refractivity contribution in [3.05, 3.63) is 72.8 Å². The van der Waals surface area contributed by atoms with E-state index < -0.39 is 0 Å². The first kappa shape index (κ1) is 21.2. The second-order valence-electron chi connectivity index (χ2n) is 9.00. The molecular weight excluding hydrogens is 440 g/mol. The summed E-state index contributed by atoms with van der Waals surface area (Å²) in [5, 5.41) is 5.23. The molecule has 1 aliphatic heterocycles. The smallest absolute Gasteiger partial charge is 0.227 e. The predicted molar refractivity (Wildman–Crippen MR) is 137 cm³/mol. The molecule has 1 fully saturated rings. The van der Waals surface area contributed by atoms with Crippen molar-refractivity contribution < 1.29 is 9.53 Å². The maximum atomic E-state index is 13.0. The van der Waals surface area contributed by atoms with Crippen LogP contribution in [0, 0.1) is 12.8 Å². The van der Waals surface area contributed by atoms with Gasteiger partial charge in [-0.3, -0.25) is 4.79 Å². The molecule has 0 unspecified atom stereocenters. The fourth-order valence-corrected chi connectivity index (χ4v) is 4.80. The highest BCUT2D eigenvalue weighted by molar-refractivity contribution is 5.93. The summed E-state index contributed by atoms with van der Waals surface area (Å²) in [6.45, 7) is 3.61. The number of anilines is 2. The first-order valence-electron chi connectivity index (χ1n) is 11.8. The lowest BCUT2D eigenvalue weighted by Gasteiger charge is -2.32. The number of benzene rings is 2. The molecule has 0 spiro atoms. The van der Waals surface area contributed by atoms with E-state index in [1.165, 1.54) is 0 Å².